The largest absolute Gasteiger partial charge is 0.486 e. The fourth-order valence-electron chi connectivity index (χ4n) is 5.47. The highest BCUT2D eigenvalue weighted by Gasteiger charge is 2.40. The monoisotopic (exact) mass is 447 g/mol. The van der Waals surface area contributed by atoms with Crippen molar-refractivity contribution in [3.05, 3.63) is 48.0 Å². The Morgan fingerprint density at radius 1 is 1.00 bits per heavy atom. The highest BCUT2D eigenvalue weighted by Crippen LogP contribution is 2.43. The van der Waals surface area contributed by atoms with E-state index in [2.05, 4.69) is 27.3 Å². The predicted molar refractivity (Wildman–Crippen MR) is 125 cm³/mol. The lowest BCUT2D eigenvalue weighted by atomic mass is 9.86. The number of rotatable bonds is 4. The average Bonchev–Trinajstić information content (AvgIpc) is 3.52. The van der Waals surface area contributed by atoms with Crippen LogP contribution in [0.4, 0.5) is 6.01 Å². The van der Waals surface area contributed by atoms with Gasteiger partial charge < -0.3 is 24.1 Å². The number of para-hydroxylation sites is 2. The van der Waals surface area contributed by atoms with Crippen molar-refractivity contribution >= 4 is 23.0 Å². The first-order valence-corrected chi connectivity index (χ1v) is 12.0. The Morgan fingerprint density at radius 3 is 2.55 bits per heavy atom. The number of aromatic nitrogens is 1. The van der Waals surface area contributed by atoms with Crippen molar-refractivity contribution in [2.24, 2.45) is 5.92 Å². The van der Waals surface area contributed by atoms with Gasteiger partial charge in [0.05, 0.1) is 5.54 Å². The normalized spacial score (nSPS) is 20.2. The first-order valence-electron chi connectivity index (χ1n) is 12.0. The van der Waals surface area contributed by atoms with E-state index in [1.165, 1.54) is 0 Å². The van der Waals surface area contributed by atoms with Gasteiger partial charge in [0.25, 0.3) is 6.01 Å². The molecule has 2 aromatic carbocycles. The number of hydrogen-bond acceptors (Lipinski definition) is 6. The molecule has 3 heterocycles. The number of carbonyl (C=O) groups is 1. The maximum Gasteiger partial charge on any atom is 0.298 e. The standard InChI is InChI=1S/C26H29N3O4/c30-24(18-9-13-29(14-10-18)25-27-20-5-1-2-6-21(20)33-25)28-26(11-3-4-12-26)19-7-8-22-23(17-19)32-16-15-31-22/h1-2,5-8,17-18H,3-4,9-16H2,(H,28,30). The van der Waals surface area contributed by atoms with Crippen LogP contribution >= 0.6 is 0 Å². The number of piperidine rings is 1. The van der Waals surface area contributed by atoms with Crippen LogP contribution in [-0.2, 0) is 10.3 Å². The van der Waals surface area contributed by atoms with Gasteiger partial charge >= 0.3 is 0 Å². The molecule has 1 saturated heterocycles. The van der Waals surface area contributed by atoms with Gasteiger partial charge in [-0.2, -0.15) is 4.98 Å². The van der Waals surface area contributed by atoms with Crippen LogP contribution in [0.3, 0.4) is 0 Å². The van der Waals surface area contributed by atoms with Crippen LogP contribution in [0.1, 0.15) is 44.1 Å². The fraction of sp³-hybridized carbons (Fsp3) is 0.462. The minimum absolute atomic E-state index is 0.000291. The molecule has 2 fully saturated rings. The number of oxazole rings is 1. The van der Waals surface area contributed by atoms with Gasteiger partial charge in [0.2, 0.25) is 5.91 Å². The Morgan fingerprint density at radius 2 is 1.76 bits per heavy atom. The molecule has 172 valence electrons. The second-order valence-electron chi connectivity index (χ2n) is 9.36. The van der Waals surface area contributed by atoms with Gasteiger partial charge in [-0.05, 0) is 55.5 Å². The summed E-state index contributed by atoms with van der Waals surface area (Å²) in [7, 11) is 0. The van der Waals surface area contributed by atoms with E-state index in [1.807, 2.05) is 30.3 Å². The summed E-state index contributed by atoms with van der Waals surface area (Å²) in [6.07, 6.45) is 5.74. The summed E-state index contributed by atoms with van der Waals surface area (Å²) in [5.41, 5.74) is 2.48. The lowest BCUT2D eigenvalue weighted by Crippen LogP contribution is -2.48. The molecular weight excluding hydrogens is 418 g/mol. The van der Waals surface area contributed by atoms with Crippen LogP contribution in [0.25, 0.3) is 11.1 Å². The molecule has 0 atom stereocenters. The van der Waals surface area contributed by atoms with Crippen molar-refractivity contribution < 1.29 is 18.7 Å². The number of carbonyl (C=O) groups excluding carboxylic acids is 1. The first-order chi connectivity index (χ1) is 16.2. The van der Waals surface area contributed by atoms with Crippen LogP contribution < -0.4 is 19.7 Å². The highest BCUT2D eigenvalue weighted by atomic mass is 16.6. The first kappa shape index (κ1) is 20.4. The van der Waals surface area contributed by atoms with E-state index in [9.17, 15) is 4.79 Å². The zero-order chi connectivity index (χ0) is 22.3. The molecule has 1 saturated carbocycles. The molecule has 3 aliphatic rings. The number of ether oxygens (including phenoxy) is 2. The Bertz CT molecular complexity index is 1130. The third kappa shape index (κ3) is 3.79. The fourth-order valence-corrected chi connectivity index (χ4v) is 5.47. The van der Waals surface area contributed by atoms with Gasteiger partial charge in [-0.1, -0.05) is 31.0 Å². The van der Waals surface area contributed by atoms with Crippen molar-refractivity contribution in [1.29, 1.82) is 0 Å². The molecule has 1 N–H and O–H groups in total. The zero-order valence-corrected chi connectivity index (χ0v) is 18.7. The molecule has 7 heteroatoms. The Balaban J connectivity index is 1.14. The Kier molecular flexibility index (Phi) is 5.12. The molecule has 2 aliphatic heterocycles. The summed E-state index contributed by atoms with van der Waals surface area (Å²) >= 11 is 0. The number of amides is 1. The molecule has 0 radical (unpaired) electrons. The third-order valence-corrected chi connectivity index (χ3v) is 7.33. The van der Waals surface area contributed by atoms with Crippen molar-refractivity contribution in [2.45, 2.75) is 44.1 Å². The Labute approximate surface area is 193 Å². The van der Waals surface area contributed by atoms with Crippen molar-refractivity contribution in [3.8, 4) is 11.5 Å². The summed E-state index contributed by atoms with van der Waals surface area (Å²) in [4.78, 5) is 20.1. The van der Waals surface area contributed by atoms with Gasteiger partial charge in [0.1, 0.15) is 18.7 Å². The van der Waals surface area contributed by atoms with E-state index in [4.69, 9.17) is 13.9 Å². The number of anilines is 1. The summed E-state index contributed by atoms with van der Waals surface area (Å²) in [6.45, 7) is 2.68. The number of hydrogen-bond donors (Lipinski definition) is 1. The molecule has 1 amide bonds. The van der Waals surface area contributed by atoms with Gasteiger partial charge in [0, 0.05) is 19.0 Å². The molecule has 1 aliphatic carbocycles. The minimum Gasteiger partial charge on any atom is -0.486 e. The second kappa shape index (κ2) is 8.28. The van der Waals surface area contributed by atoms with E-state index < -0.39 is 0 Å². The van der Waals surface area contributed by atoms with Crippen molar-refractivity contribution in [1.82, 2.24) is 10.3 Å². The molecule has 33 heavy (non-hydrogen) atoms. The SMILES string of the molecule is O=C(NC1(c2ccc3c(c2)OCCO3)CCCC1)C1CCN(c2nc3ccccc3o2)CC1. The quantitative estimate of drug-likeness (QED) is 0.639. The zero-order valence-electron chi connectivity index (χ0n) is 18.7. The van der Waals surface area contributed by atoms with Crippen molar-refractivity contribution in [3.63, 3.8) is 0 Å². The lowest BCUT2D eigenvalue weighted by molar-refractivity contribution is -0.127. The van der Waals surface area contributed by atoms with Gasteiger partial charge in [-0.3, -0.25) is 4.79 Å². The van der Waals surface area contributed by atoms with E-state index in [1.54, 1.807) is 0 Å². The maximum atomic E-state index is 13.4. The van der Waals surface area contributed by atoms with Crippen LogP contribution in [0.2, 0.25) is 0 Å². The number of benzene rings is 2. The summed E-state index contributed by atoms with van der Waals surface area (Å²) in [6, 6.07) is 14.6. The highest BCUT2D eigenvalue weighted by molar-refractivity contribution is 5.80. The average molecular weight is 448 g/mol. The van der Waals surface area contributed by atoms with E-state index in [0.29, 0.717) is 19.2 Å². The molecule has 0 spiro atoms. The van der Waals surface area contributed by atoms with Gasteiger partial charge in [0.15, 0.2) is 17.1 Å². The number of nitrogens with one attached hydrogen (secondary N) is 1. The molecule has 0 bridgehead atoms. The van der Waals surface area contributed by atoms with Crippen LogP contribution in [0.5, 0.6) is 11.5 Å². The summed E-state index contributed by atoms with van der Waals surface area (Å²) in [5, 5.41) is 3.47. The smallest absolute Gasteiger partial charge is 0.298 e. The van der Waals surface area contributed by atoms with Crippen LogP contribution in [0, 0.1) is 5.92 Å². The summed E-state index contributed by atoms with van der Waals surface area (Å²) in [5.74, 6) is 1.73. The van der Waals surface area contributed by atoms with E-state index in [-0.39, 0.29) is 17.4 Å². The molecule has 1 aromatic heterocycles. The third-order valence-electron chi connectivity index (χ3n) is 7.33. The predicted octanol–water partition coefficient (Wildman–Crippen LogP) is 4.40. The molecule has 0 unspecified atom stereocenters. The molecule has 6 rings (SSSR count). The van der Waals surface area contributed by atoms with E-state index >= 15 is 0 Å². The van der Waals surface area contributed by atoms with E-state index in [0.717, 1.165) is 79.8 Å². The topological polar surface area (TPSA) is 76.8 Å². The number of nitrogens with zero attached hydrogens (tertiary/aromatic N) is 2. The van der Waals surface area contributed by atoms with Crippen LogP contribution in [-0.4, -0.2) is 37.2 Å². The molecule has 7 nitrogen and oxygen atoms in total. The minimum atomic E-state index is -0.315. The van der Waals surface area contributed by atoms with Crippen LogP contribution in [0.15, 0.2) is 46.9 Å². The lowest BCUT2D eigenvalue weighted by Gasteiger charge is -2.36. The van der Waals surface area contributed by atoms with Gasteiger partial charge in [-0.15, -0.1) is 0 Å². The summed E-state index contributed by atoms with van der Waals surface area (Å²) < 4.78 is 17.4. The Hall–Kier alpha value is -3.22. The van der Waals surface area contributed by atoms with Gasteiger partial charge in [-0.25, -0.2) is 0 Å². The molecule has 3 aromatic rings. The molecular formula is C26H29N3O4. The maximum absolute atomic E-state index is 13.4. The second-order valence-corrected chi connectivity index (χ2v) is 9.36. The van der Waals surface area contributed by atoms with Crippen molar-refractivity contribution in [2.75, 3.05) is 31.2 Å². The number of fused-ring (bicyclic) bond motifs is 2.